The van der Waals surface area contributed by atoms with Gasteiger partial charge in [-0.1, -0.05) is 6.92 Å². The van der Waals surface area contributed by atoms with E-state index in [0.29, 0.717) is 12.1 Å². The molecule has 0 heterocycles. The maximum Gasteiger partial charge on any atom is 0.00965 e. The molecule has 0 amide bonds. The molecule has 0 saturated carbocycles. The zero-order valence-corrected chi connectivity index (χ0v) is 11.7. The highest BCUT2D eigenvalue weighted by Gasteiger charge is 2.15. The average molecular weight is 214 g/mol. The van der Waals surface area contributed by atoms with Gasteiger partial charge in [-0.2, -0.15) is 0 Å². The van der Waals surface area contributed by atoms with Gasteiger partial charge >= 0.3 is 0 Å². The summed E-state index contributed by atoms with van der Waals surface area (Å²) in [5.41, 5.74) is 0.245. The molecule has 0 bridgehead atoms. The van der Waals surface area contributed by atoms with E-state index in [1.807, 2.05) is 0 Å². The van der Waals surface area contributed by atoms with Gasteiger partial charge < -0.3 is 10.2 Å². The summed E-state index contributed by atoms with van der Waals surface area (Å²) in [6.45, 7) is 14.6. The van der Waals surface area contributed by atoms with Crippen LogP contribution in [0.5, 0.6) is 0 Å². The second-order valence-electron chi connectivity index (χ2n) is 5.74. The Morgan fingerprint density at radius 1 is 1.13 bits per heavy atom. The van der Waals surface area contributed by atoms with Gasteiger partial charge in [0.2, 0.25) is 0 Å². The summed E-state index contributed by atoms with van der Waals surface area (Å²) in [5, 5.41) is 3.54. The highest BCUT2D eigenvalue weighted by Crippen LogP contribution is 2.09. The maximum absolute atomic E-state index is 3.54. The summed E-state index contributed by atoms with van der Waals surface area (Å²) in [6.07, 6.45) is 2.45. The van der Waals surface area contributed by atoms with Crippen molar-refractivity contribution in [2.45, 2.75) is 72.0 Å². The van der Waals surface area contributed by atoms with Gasteiger partial charge in [0.1, 0.15) is 0 Å². The molecule has 0 spiro atoms. The van der Waals surface area contributed by atoms with Crippen LogP contribution >= 0.6 is 0 Å². The van der Waals surface area contributed by atoms with Crippen molar-refractivity contribution < 1.29 is 0 Å². The standard InChI is InChI=1S/C13H30N2/c1-8-11(2)15(7)12(3)9-10-14-13(4,5)6/h11-12,14H,8-10H2,1-7H3. The topological polar surface area (TPSA) is 15.3 Å². The molecule has 2 unspecified atom stereocenters. The van der Waals surface area contributed by atoms with Crippen LogP contribution in [0.4, 0.5) is 0 Å². The van der Waals surface area contributed by atoms with Gasteiger partial charge in [-0.15, -0.1) is 0 Å². The molecule has 0 radical (unpaired) electrons. The van der Waals surface area contributed by atoms with Crippen molar-refractivity contribution in [2.24, 2.45) is 0 Å². The molecular weight excluding hydrogens is 184 g/mol. The Morgan fingerprint density at radius 3 is 2.07 bits per heavy atom. The number of hydrogen-bond acceptors (Lipinski definition) is 2. The second-order valence-corrected chi connectivity index (χ2v) is 5.74. The zero-order chi connectivity index (χ0) is 12.1. The second kappa shape index (κ2) is 6.49. The van der Waals surface area contributed by atoms with Crippen LogP contribution in [0.3, 0.4) is 0 Å². The normalized spacial score (nSPS) is 16.8. The van der Waals surface area contributed by atoms with Crippen LogP contribution in [-0.2, 0) is 0 Å². The molecule has 0 aromatic heterocycles. The lowest BCUT2D eigenvalue weighted by atomic mass is 10.1. The highest BCUT2D eigenvalue weighted by atomic mass is 15.1. The van der Waals surface area contributed by atoms with E-state index in [0.717, 1.165) is 6.54 Å². The first-order valence-electron chi connectivity index (χ1n) is 6.25. The molecule has 2 nitrogen and oxygen atoms in total. The molecule has 0 saturated heterocycles. The molecule has 0 aliphatic rings. The minimum Gasteiger partial charge on any atom is -0.312 e. The highest BCUT2D eigenvalue weighted by molar-refractivity contribution is 4.74. The fourth-order valence-electron chi connectivity index (χ4n) is 1.58. The van der Waals surface area contributed by atoms with E-state index in [9.17, 15) is 0 Å². The van der Waals surface area contributed by atoms with E-state index in [4.69, 9.17) is 0 Å². The third-order valence-electron chi connectivity index (χ3n) is 3.20. The Morgan fingerprint density at radius 2 is 1.67 bits per heavy atom. The number of rotatable bonds is 6. The molecule has 0 aliphatic carbocycles. The number of nitrogens with zero attached hydrogens (tertiary/aromatic N) is 1. The van der Waals surface area contributed by atoms with Gasteiger partial charge in [0.05, 0.1) is 0 Å². The molecule has 0 aromatic rings. The Bertz CT molecular complexity index is 160. The predicted octanol–water partition coefficient (Wildman–Crippen LogP) is 2.88. The minimum absolute atomic E-state index is 0.245. The third-order valence-corrected chi connectivity index (χ3v) is 3.20. The van der Waals surface area contributed by atoms with E-state index in [-0.39, 0.29) is 5.54 Å². The predicted molar refractivity (Wildman–Crippen MR) is 69.4 cm³/mol. The van der Waals surface area contributed by atoms with Crippen LogP contribution in [0, 0.1) is 0 Å². The summed E-state index contributed by atoms with van der Waals surface area (Å²) >= 11 is 0. The van der Waals surface area contributed by atoms with Crippen molar-refractivity contribution in [3.05, 3.63) is 0 Å². The van der Waals surface area contributed by atoms with Crippen molar-refractivity contribution in [3.8, 4) is 0 Å². The van der Waals surface area contributed by atoms with E-state index in [2.05, 4.69) is 58.8 Å². The van der Waals surface area contributed by atoms with Crippen molar-refractivity contribution in [3.63, 3.8) is 0 Å². The molecule has 0 aromatic carbocycles. The Kier molecular flexibility index (Phi) is 6.46. The third kappa shape index (κ3) is 6.91. The van der Waals surface area contributed by atoms with Crippen molar-refractivity contribution in [1.29, 1.82) is 0 Å². The van der Waals surface area contributed by atoms with E-state index >= 15 is 0 Å². The minimum atomic E-state index is 0.245. The largest absolute Gasteiger partial charge is 0.312 e. The van der Waals surface area contributed by atoms with E-state index < -0.39 is 0 Å². The quantitative estimate of drug-likeness (QED) is 0.731. The number of hydrogen-bond donors (Lipinski definition) is 1. The fourth-order valence-corrected chi connectivity index (χ4v) is 1.58. The van der Waals surface area contributed by atoms with Gasteiger partial charge in [0.25, 0.3) is 0 Å². The van der Waals surface area contributed by atoms with Gasteiger partial charge in [0, 0.05) is 17.6 Å². The molecule has 0 rings (SSSR count). The van der Waals surface area contributed by atoms with Crippen molar-refractivity contribution >= 4 is 0 Å². The van der Waals surface area contributed by atoms with Crippen LogP contribution in [0.15, 0.2) is 0 Å². The summed E-state index contributed by atoms with van der Waals surface area (Å²) in [7, 11) is 2.23. The lowest BCUT2D eigenvalue weighted by Crippen LogP contribution is -2.41. The summed E-state index contributed by atoms with van der Waals surface area (Å²) in [4.78, 5) is 2.48. The molecule has 2 heteroatoms. The Labute approximate surface area is 96.4 Å². The van der Waals surface area contributed by atoms with Crippen LogP contribution in [0.1, 0.15) is 54.4 Å². The first kappa shape index (κ1) is 14.9. The van der Waals surface area contributed by atoms with Gasteiger partial charge in [-0.25, -0.2) is 0 Å². The first-order valence-corrected chi connectivity index (χ1v) is 6.25. The van der Waals surface area contributed by atoms with Crippen molar-refractivity contribution in [2.75, 3.05) is 13.6 Å². The van der Waals surface area contributed by atoms with Crippen LogP contribution in [-0.4, -0.2) is 36.1 Å². The smallest absolute Gasteiger partial charge is 0.00965 e. The molecule has 15 heavy (non-hydrogen) atoms. The maximum atomic E-state index is 3.54. The van der Waals surface area contributed by atoms with Crippen molar-refractivity contribution in [1.82, 2.24) is 10.2 Å². The SMILES string of the molecule is CCC(C)N(C)C(C)CCNC(C)(C)C. The van der Waals surface area contributed by atoms with Gasteiger partial charge in [-0.3, -0.25) is 0 Å². The molecule has 1 N–H and O–H groups in total. The zero-order valence-electron chi connectivity index (χ0n) is 11.7. The van der Waals surface area contributed by atoms with Gasteiger partial charge in [-0.05, 0) is 61.1 Å². The lowest BCUT2D eigenvalue weighted by Gasteiger charge is -2.31. The summed E-state index contributed by atoms with van der Waals surface area (Å²) in [5.74, 6) is 0. The molecule has 2 atom stereocenters. The summed E-state index contributed by atoms with van der Waals surface area (Å²) in [6, 6.07) is 1.35. The molecule has 92 valence electrons. The monoisotopic (exact) mass is 214 g/mol. The van der Waals surface area contributed by atoms with E-state index in [1.165, 1.54) is 12.8 Å². The average Bonchev–Trinajstić information content (AvgIpc) is 2.13. The van der Waals surface area contributed by atoms with Crippen LogP contribution in [0.2, 0.25) is 0 Å². The van der Waals surface area contributed by atoms with Gasteiger partial charge in [0.15, 0.2) is 0 Å². The fraction of sp³-hybridized carbons (Fsp3) is 1.00. The number of nitrogens with one attached hydrogen (secondary N) is 1. The van der Waals surface area contributed by atoms with Crippen LogP contribution in [0.25, 0.3) is 0 Å². The lowest BCUT2D eigenvalue weighted by molar-refractivity contribution is 0.180. The Hall–Kier alpha value is -0.0800. The molecular formula is C13H30N2. The first-order chi connectivity index (χ1) is 6.78. The Balaban J connectivity index is 3.78. The van der Waals surface area contributed by atoms with Crippen LogP contribution < -0.4 is 5.32 Å². The summed E-state index contributed by atoms with van der Waals surface area (Å²) < 4.78 is 0. The van der Waals surface area contributed by atoms with E-state index in [1.54, 1.807) is 0 Å². The molecule has 0 aliphatic heterocycles. The molecule has 0 fully saturated rings.